The molecule has 4 aromatic rings. The first-order chi connectivity index (χ1) is 18.7. The van der Waals surface area contributed by atoms with Gasteiger partial charge in [0.1, 0.15) is 17.7 Å². The monoisotopic (exact) mass is 543 g/mol. The molecule has 2 aromatic heterocycles. The summed E-state index contributed by atoms with van der Waals surface area (Å²) < 4.78 is 61.1. The predicted octanol–water partition coefficient (Wildman–Crippen LogP) is 5.00. The normalized spacial score (nSPS) is 14.8. The number of urea groups is 1. The van der Waals surface area contributed by atoms with Gasteiger partial charge < -0.3 is 21.1 Å². The van der Waals surface area contributed by atoms with Crippen LogP contribution in [0, 0.1) is 5.82 Å². The number of rotatable bonds is 5. The van der Waals surface area contributed by atoms with Crippen LogP contribution in [0.15, 0.2) is 54.9 Å². The van der Waals surface area contributed by atoms with E-state index in [0.29, 0.717) is 36.4 Å². The molecule has 39 heavy (non-hydrogen) atoms. The summed E-state index contributed by atoms with van der Waals surface area (Å²) in [4.78, 5) is 18.7. The van der Waals surface area contributed by atoms with E-state index in [1.54, 1.807) is 10.6 Å². The van der Waals surface area contributed by atoms with Crippen molar-refractivity contribution in [1.82, 2.24) is 19.5 Å². The first kappa shape index (κ1) is 26.4. The highest BCUT2D eigenvalue weighted by molar-refractivity contribution is 6.00. The zero-order chi connectivity index (χ0) is 27.6. The fraction of sp³-hybridized carbons (Fsp3) is 0.269. The first-order valence-corrected chi connectivity index (χ1v) is 12.2. The van der Waals surface area contributed by atoms with Gasteiger partial charge in [0.25, 0.3) is 0 Å². The zero-order valence-corrected chi connectivity index (χ0v) is 20.6. The highest BCUT2D eigenvalue weighted by Crippen LogP contribution is 2.33. The molecule has 3 heterocycles. The summed E-state index contributed by atoms with van der Waals surface area (Å²) in [5.74, 6) is -0.513. The third-order valence-electron chi connectivity index (χ3n) is 6.33. The fourth-order valence-corrected chi connectivity index (χ4v) is 4.49. The average molecular weight is 544 g/mol. The molecule has 1 aliphatic rings. The molecule has 4 N–H and O–H groups in total. The summed E-state index contributed by atoms with van der Waals surface area (Å²) in [7, 11) is 0. The Bertz CT molecular complexity index is 1500. The number of anilines is 3. The minimum absolute atomic E-state index is 0.0846. The molecule has 2 amide bonds. The lowest BCUT2D eigenvalue weighted by Crippen LogP contribution is -2.26. The molecule has 0 unspecified atom stereocenters. The summed E-state index contributed by atoms with van der Waals surface area (Å²) in [5.41, 5.74) is 7.50. The second-order valence-corrected chi connectivity index (χ2v) is 9.05. The number of hydrogen-bond donors (Lipinski definition) is 3. The molecule has 204 valence electrons. The molecule has 13 heteroatoms. The lowest BCUT2D eigenvalue weighted by atomic mass is 10.1. The third-order valence-corrected chi connectivity index (χ3v) is 6.33. The molecule has 0 saturated carbocycles. The van der Waals surface area contributed by atoms with E-state index in [2.05, 4.69) is 25.6 Å². The molecule has 1 fully saturated rings. The molecular formula is C26H25F4N7O2. The van der Waals surface area contributed by atoms with Crippen molar-refractivity contribution in [3.05, 3.63) is 71.9 Å². The zero-order valence-electron chi connectivity index (χ0n) is 20.6. The van der Waals surface area contributed by atoms with Crippen LogP contribution < -0.4 is 16.4 Å². The van der Waals surface area contributed by atoms with Crippen molar-refractivity contribution in [2.45, 2.75) is 19.1 Å². The van der Waals surface area contributed by atoms with E-state index in [-0.39, 0.29) is 17.2 Å². The topological polar surface area (TPSA) is 110 Å². The largest absolute Gasteiger partial charge is 0.416 e. The SMILES string of the molecule is Nc1ncnn2c(CN3CCCOCC3)cc(-c3ccc(NC(=O)Nc4cccc(C(F)(F)F)c4)c(F)c3)c12. The molecule has 0 radical (unpaired) electrons. The van der Waals surface area contributed by atoms with Crippen LogP contribution in [0.3, 0.4) is 0 Å². The molecule has 2 aromatic carbocycles. The Labute approximate surface area is 220 Å². The number of fused-ring (bicyclic) bond motifs is 1. The highest BCUT2D eigenvalue weighted by atomic mass is 19.4. The minimum Gasteiger partial charge on any atom is -0.382 e. The number of amides is 2. The van der Waals surface area contributed by atoms with Crippen LogP contribution in [-0.4, -0.2) is 51.8 Å². The number of nitrogen functional groups attached to an aromatic ring is 1. The Morgan fingerprint density at radius 2 is 1.92 bits per heavy atom. The predicted molar refractivity (Wildman–Crippen MR) is 138 cm³/mol. The Balaban J connectivity index is 1.37. The number of nitrogens with one attached hydrogen (secondary N) is 2. The van der Waals surface area contributed by atoms with Crippen molar-refractivity contribution in [3.63, 3.8) is 0 Å². The van der Waals surface area contributed by atoms with Gasteiger partial charge in [0, 0.05) is 37.5 Å². The molecule has 0 atom stereocenters. The van der Waals surface area contributed by atoms with Crippen LogP contribution in [0.25, 0.3) is 16.6 Å². The Morgan fingerprint density at radius 3 is 2.72 bits per heavy atom. The third kappa shape index (κ3) is 5.94. The number of ether oxygens (including phenoxy) is 1. The maximum atomic E-state index is 15.1. The standard InChI is InChI=1S/C26H25F4N7O2/c27-21-11-16(5-6-22(21)35-25(38)34-18-4-1-3-17(12-18)26(28,29)30)20-13-19(14-36-7-2-9-39-10-8-36)37-23(20)24(31)32-15-33-37/h1,3-6,11-13,15H,2,7-10,14H2,(H2,31,32,33)(H2,34,35,38). The van der Waals surface area contributed by atoms with Gasteiger partial charge in [0.2, 0.25) is 0 Å². The molecule has 0 aliphatic carbocycles. The maximum absolute atomic E-state index is 15.1. The van der Waals surface area contributed by atoms with E-state index in [9.17, 15) is 18.0 Å². The van der Waals surface area contributed by atoms with Crippen LogP contribution >= 0.6 is 0 Å². The maximum Gasteiger partial charge on any atom is 0.416 e. The average Bonchev–Trinajstić information content (AvgIpc) is 3.06. The van der Waals surface area contributed by atoms with Gasteiger partial charge in [-0.2, -0.15) is 18.3 Å². The van der Waals surface area contributed by atoms with Gasteiger partial charge in [-0.1, -0.05) is 12.1 Å². The molecular weight excluding hydrogens is 518 g/mol. The second-order valence-electron chi connectivity index (χ2n) is 9.05. The summed E-state index contributed by atoms with van der Waals surface area (Å²) in [6, 6.07) is 9.35. The van der Waals surface area contributed by atoms with E-state index >= 15 is 4.39 Å². The van der Waals surface area contributed by atoms with Gasteiger partial charge in [-0.3, -0.25) is 4.90 Å². The highest BCUT2D eigenvalue weighted by Gasteiger charge is 2.30. The van der Waals surface area contributed by atoms with Crippen LogP contribution in [0.4, 0.5) is 39.5 Å². The van der Waals surface area contributed by atoms with Crippen molar-refractivity contribution >= 4 is 28.7 Å². The van der Waals surface area contributed by atoms with E-state index in [1.807, 2.05) is 6.07 Å². The smallest absolute Gasteiger partial charge is 0.382 e. The summed E-state index contributed by atoms with van der Waals surface area (Å²) in [6.07, 6.45) is -2.29. The Kier molecular flexibility index (Phi) is 7.35. The van der Waals surface area contributed by atoms with Crippen molar-refractivity contribution < 1.29 is 27.1 Å². The van der Waals surface area contributed by atoms with Crippen LogP contribution in [-0.2, 0) is 17.5 Å². The van der Waals surface area contributed by atoms with Gasteiger partial charge in [-0.15, -0.1) is 0 Å². The quantitative estimate of drug-likeness (QED) is 0.306. The number of benzene rings is 2. The van der Waals surface area contributed by atoms with Crippen molar-refractivity contribution in [1.29, 1.82) is 0 Å². The van der Waals surface area contributed by atoms with Gasteiger partial charge in [-0.05, 0) is 48.4 Å². The Hall–Kier alpha value is -4.23. The number of hydrogen-bond acceptors (Lipinski definition) is 6. The van der Waals surface area contributed by atoms with E-state index in [4.69, 9.17) is 10.5 Å². The van der Waals surface area contributed by atoms with Gasteiger partial charge in [-0.25, -0.2) is 18.7 Å². The van der Waals surface area contributed by atoms with E-state index in [0.717, 1.165) is 37.3 Å². The van der Waals surface area contributed by atoms with Crippen molar-refractivity contribution in [3.8, 4) is 11.1 Å². The molecule has 0 bridgehead atoms. The molecule has 9 nitrogen and oxygen atoms in total. The summed E-state index contributed by atoms with van der Waals surface area (Å²) in [5, 5.41) is 8.97. The van der Waals surface area contributed by atoms with Crippen molar-refractivity contribution in [2.24, 2.45) is 0 Å². The summed E-state index contributed by atoms with van der Waals surface area (Å²) >= 11 is 0. The van der Waals surface area contributed by atoms with Crippen LogP contribution in [0.2, 0.25) is 0 Å². The molecule has 0 spiro atoms. The van der Waals surface area contributed by atoms with Crippen LogP contribution in [0.5, 0.6) is 0 Å². The molecule has 1 saturated heterocycles. The first-order valence-electron chi connectivity index (χ1n) is 12.2. The molecule has 1 aliphatic heterocycles. The van der Waals surface area contributed by atoms with Gasteiger partial charge in [0.05, 0.1) is 23.6 Å². The number of carbonyl (C=O) groups excluding carboxylic acids is 1. The van der Waals surface area contributed by atoms with E-state index in [1.165, 1.54) is 30.6 Å². The fourth-order valence-electron chi connectivity index (χ4n) is 4.49. The van der Waals surface area contributed by atoms with E-state index < -0.39 is 23.6 Å². The summed E-state index contributed by atoms with van der Waals surface area (Å²) in [6.45, 7) is 3.55. The van der Waals surface area contributed by atoms with Gasteiger partial charge >= 0.3 is 12.2 Å². The number of aromatic nitrogens is 3. The lowest BCUT2D eigenvalue weighted by molar-refractivity contribution is -0.137. The Morgan fingerprint density at radius 1 is 1.08 bits per heavy atom. The minimum atomic E-state index is -4.56. The van der Waals surface area contributed by atoms with Crippen LogP contribution in [0.1, 0.15) is 17.7 Å². The van der Waals surface area contributed by atoms with Gasteiger partial charge in [0.15, 0.2) is 5.82 Å². The number of halogens is 4. The molecule has 5 rings (SSSR count). The number of nitrogens with two attached hydrogens (primary N) is 1. The second kappa shape index (κ2) is 10.9. The van der Waals surface area contributed by atoms with Crippen molar-refractivity contribution in [2.75, 3.05) is 42.7 Å². The number of carbonyl (C=O) groups is 1. The number of nitrogens with zero attached hydrogens (tertiary/aromatic N) is 4. The number of alkyl halides is 3. The lowest BCUT2D eigenvalue weighted by Gasteiger charge is -2.18.